The van der Waals surface area contributed by atoms with Crippen LogP contribution in [0.4, 0.5) is 0 Å². The SMILES string of the molecule is Cc1c([C@@H]2C=C(C(=O)NC34CC5CC(CC(C5)C3)C4)O[C@H](OCCOCCO)C2)c(=O)n(-c2ccccc2)n1C. The van der Waals surface area contributed by atoms with Crippen LogP contribution in [0.25, 0.3) is 5.69 Å². The second-order valence-electron chi connectivity index (χ2n) is 12.3. The maximum atomic E-state index is 13.8. The number of hydrogen-bond acceptors (Lipinski definition) is 6. The monoisotopic (exact) mass is 551 g/mol. The van der Waals surface area contributed by atoms with Gasteiger partial charge in [-0.05, 0) is 81.4 Å². The van der Waals surface area contributed by atoms with Gasteiger partial charge in [-0.2, -0.15) is 0 Å². The number of allylic oxidation sites excluding steroid dienone is 1. The van der Waals surface area contributed by atoms with E-state index >= 15 is 0 Å². The van der Waals surface area contributed by atoms with Gasteiger partial charge in [-0.25, -0.2) is 4.68 Å². The van der Waals surface area contributed by atoms with Gasteiger partial charge in [-0.1, -0.05) is 18.2 Å². The topological polar surface area (TPSA) is 104 Å². The van der Waals surface area contributed by atoms with Gasteiger partial charge >= 0.3 is 0 Å². The molecule has 0 unspecified atom stereocenters. The van der Waals surface area contributed by atoms with Crippen molar-refractivity contribution in [2.45, 2.75) is 69.6 Å². The molecule has 9 heteroatoms. The molecule has 4 saturated carbocycles. The molecular weight excluding hydrogens is 510 g/mol. The van der Waals surface area contributed by atoms with E-state index < -0.39 is 6.29 Å². The van der Waals surface area contributed by atoms with Crippen molar-refractivity contribution in [2.75, 3.05) is 26.4 Å². The number of aliphatic hydroxyl groups excluding tert-OH is 1. The first-order valence-corrected chi connectivity index (χ1v) is 14.7. The Bertz CT molecular complexity index is 1280. The molecule has 4 bridgehead atoms. The maximum Gasteiger partial charge on any atom is 0.286 e. The van der Waals surface area contributed by atoms with Crippen LogP contribution in [0.1, 0.15) is 62.1 Å². The number of benzene rings is 1. The molecular formula is C31H41N3O6. The number of carbonyl (C=O) groups excluding carboxylic acids is 1. The number of nitrogens with one attached hydrogen (secondary N) is 1. The smallest absolute Gasteiger partial charge is 0.286 e. The van der Waals surface area contributed by atoms with Crippen LogP contribution in [-0.4, -0.2) is 58.6 Å². The van der Waals surface area contributed by atoms with Crippen LogP contribution in [0.5, 0.6) is 0 Å². The molecule has 1 amide bonds. The second kappa shape index (κ2) is 11.2. The summed E-state index contributed by atoms with van der Waals surface area (Å²) in [6.07, 6.45) is 8.55. The average Bonchev–Trinajstić information content (AvgIpc) is 3.15. The number of aliphatic hydroxyl groups is 1. The highest BCUT2D eigenvalue weighted by Gasteiger charge is 2.52. The number of ether oxygens (including phenoxy) is 3. The summed E-state index contributed by atoms with van der Waals surface area (Å²) in [6, 6.07) is 9.56. The zero-order valence-electron chi connectivity index (χ0n) is 23.5. The third-order valence-corrected chi connectivity index (χ3v) is 9.43. The highest BCUT2D eigenvalue weighted by Crippen LogP contribution is 2.55. The minimum Gasteiger partial charge on any atom is -0.459 e. The van der Waals surface area contributed by atoms with Crippen molar-refractivity contribution < 1.29 is 24.1 Å². The summed E-state index contributed by atoms with van der Waals surface area (Å²) in [5, 5.41) is 12.4. The number of carbonyl (C=O) groups is 1. The zero-order chi connectivity index (χ0) is 27.9. The molecule has 0 radical (unpaired) electrons. The van der Waals surface area contributed by atoms with E-state index in [9.17, 15) is 9.59 Å². The van der Waals surface area contributed by atoms with Crippen LogP contribution in [0.3, 0.4) is 0 Å². The molecule has 2 atom stereocenters. The number of amides is 1. The first-order valence-electron chi connectivity index (χ1n) is 14.7. The fourth-order valence-corrected chi connectivity index (χ4v) is 8.11. The molecule has 216 valence electrons. The summed E-state index contributed by atoms with van der Waals surface area (Å²) in [6.45, 7) is 2.67. The van der Waals surface area contributed by atoms with Gasteiger partial charge in [0.05, 0.1) is 32.1 Å². The van der Waals surface area contributed by atoms with E-state index in [1.54, 1.807) is 4.68 Å². The number of nitrogens with zero attached hydrogens (tertiary/aromatic N) is 2. The van der Waals surface area contributed by atoms with Crippen molar-refractivity contribution in [3.05, 3.63) is 63.8 Å². The lowest BCUT2D eigenvalue weighted by Crippen LogP contribution is -2.60. The molecule has 7 rings (SSSR count). The minimum atomic E-state index is -0.700. The molecule has 1 aromatic heterocycles. The number of para-hydroxylation sites is 1. The fourth-order valence-electron chi connectivity index (χ4n) is 8.11. The highest BCUT2D eigenvalue weighted by molar-refractivity contribution is 5.92. The van der Waals surface area contributed by atoms with Crippen molar-refractivity contribution >= 4 is 5.91 Å². The predicted octanol–water partition coefficient (Wildman–Crippen LogP) is 3.31. The Labute approximate surface area is 235 Å². The molecule has 4 aliphatic carbocycles. The lowest BCUT2D eigenvalue weighted by Gasteiger charge is -2.56. The van der Waals surface area contributed by atoms with Crippen molar-refractivity contribution in [3.63, 3.8) is 0 Å². The Kier molecular flexibility index (Phi) is 7.63. The third kappa shape index (κ3) is 5.27. The Balaban J connectivity index is 1.28. The largest absolute Gasteiger partial charge is 0.459 e. The summed E-state index contributed by atoms with van der Waals surface area (Å²) in [4.78, 5) is 27.6. The highest BCUT2D eigenvalue weighted by atomic mass is 16.7. The van der Waals surface area contributed by atoms with Crippen LogP contribution in [-0.2, 0) is 26.1 Å². The molecule has 9 nitrogen and oxygen atoms in total. The van der Waals surface area contributed by atoms with Gasteiger partial charge in [0.1, 0.15) is 0 Å². The molecule has 5 aliphatic rings. The van der Waals surface area contributed by atoms with E-state index in [2.05, 4.69) is 5.32 Å². The second-order valence-corrected chi connectivity index (χ2v) is 12.3. The summed E-state index contributed by atoms with van der Waals surface area (Å²) >= 11 is 0. The quantitative estimate of drug-likeness (QED) is 0.439. The number of rotatable bonds is 10. The standard InChI is InChI=1S/C31H41N3O6/c1-20-28(30(37)34(33(20)2)25-6-4-3-5-7-25)24-15-26(40-27(16-24)39-11-10-38-9-8-35)29(36)32-31-17-21-12-22(18-31)14-23(13-21)19-31/h3-7,15,21-24,27,35H,8-14,16-19H2,1-2H3,(H,32,36)/t21?,22?,23?,24-,27+,31?/m1/s1. The molecule has 2 heterocycles. The number of aromatic nitrogens is 2. The van der Waals surface area contributed by atoms with Crippen LogP contribution in [0, 0.1) is 24.7 Å². The summed E-state index contributed by atoms with van der Waals surface area (Å²) < 4.78 is 21.0. The van der Waals surface area contributed by atoms with E-state index in [-0.39, 0.29) is 48.5 Å². The van der Waals surface area contributed by atoms with Gasteiger partial charge in [0.25, 0.3) is 11.5 Å². The average molecular weight is 552 g/mol. The summed E-state index contributed by atoms with van der Waals surface area (Å²) in [5.41, 5.74) is 2.00. The fraction of sp³-hybridized carbons (Fsp3) is 0.613. The van der Waals surface area contributed by atoms with Gasteiger partial charge in [0, 0.05) is 36.2 Å². The van der Waals surface area contributed by atoms with Crippen LogP contribution in [0.15, 0.2) is 47.0 Å². The predicted molar refractivity (Wildman–Crippen MR) is 149 cm³/mol. The van der Waals surface area contributed by atoms with Gasteiger partial charge < -0.3 is 24.6 Å². The summed E-state index contributed by atoms with van der Waals surface area (Å²) in [5.74, 6) is 1.78. The molecule has 1 aromatic carbocycles. The van der Waals surface area contributed by atoms with E-state index in [0.29, 0.717) is 36.3 Å². The van der Waals surface area contributed by atoms with E-state index in [4.69, 9.17) is 19.3 Å². The molecule has 40 heavy (non-hydrogen) atoms. The Morgan fingerprint density at radius 1 is 1.05 bits per heavy atom. The van der Waals surface area contributed by atoms with Crippen molar-refractivity contribution in [3.8, 4) is 5.69 Å². The third-order valence-electron chi connectivity index (χ3n) is 9.43. The van der Waals surface area contributed by atoms with Gasteiger partial charge in [-0.15, -0.1) is 0 Å². The van der Waals surface area contributed by atoms with Gasteiger partial charge in [-0.3, -0.25) is 14.3 Å². The zero-order valence-corrected chi connectivity index (χ0v) is 23.5. The van der Waals surface area contributed by atoms with Gasteiger partial charge in [0.15, 0.2) is 5.76 Å². The van der Waals surface area contributed by atoms with Crippen molar-refractivity contribution in [1.82, 2.24) is 14.7 Å². The molecule has 1 aliphatic heterocycles. The minimum absolute atomic E-state index is 0.0552. The Hall–Kier alpha value is -2.88. The molecule has 0 saturated heterocycles. The maximum absolute atomic E-state index is 13.8. The lowest BCUT2D eigenvalue weighted by molar-refractivity contribution is -0.153. The Morgan fingerprint density at radius 3 is 2.38 bits per heavy atom. The molecule has 2 aromatic rings. The lowest BCUT2D eigenvalue weighted by atomic mass is 9.53. The van der Waals surface area contributed by atoms with E-state index in [1.807, 2.05) is 55.1 Å². The summed E-state index contributed by atoms with van der Waals surface area (Å²) in [7, 11) is 1.88. The first kappa shape index (κ1) is 27.3. The van der Waals surface area contributed by atoms with E-state index in [0.717, 1.165) is 30.6 Å². The Morgan fingerprint density at radius 2 is 1.73 bits per heavy atom. The molecule has 4 fully saturated rings. The first-order chi connectivity index (χ1) is 19.4. The van der Waals surface area contributed by atoms with Crippen LogP contribution >= 0.6 is 0 Å². The van der Waals surface area contributed by atoms with Crippen LogP contribution < -0.4 is 10.9 Å². The normalized spacial score (nSPS) is 30.7. The van der Waals surface area contributed by atoms with Crippen molar-refractivity contribution in [2.24, 2.45) is 24.8 Å². The molecule has 0 spiro atoms. The number of hydrogen-bond donors (Lipinski definition) is 2. The van der Waals surface area contributed by atoms with Crippen LogP contribution in [0.2, 0.25) is 0 Å². The van der Waals surface area contributed by atoms with E-state index in [1.165, 1.54) is 19.3 Å². The van der Waals surface area contributed by atoms with Crippen molar-refractivity contribution in [1.29, 1.82) is 0 Å². The molecule has 2 N–H and O–H groups in total. The van der Waals surface area contributed by atoms with Gasteiger partial charge in [0.2, 0.25) is 6.29 Å².